The molecule has 0 aromatic heterocycles. The first-order valence-electron chi connectivity index (χ1n) is 7.61. The summed E-state index contributed by atoms with van der Waals surface area (Å²) in [5.41, 5.74) is 1.41. The summed E-state index contributed by atoms with van der Waals surface area (Å²) in [4.78, 5) is 0. The Morgan fingerprint density at radius 3 is 2.47 bits per heavy atom. The molecule has 4 unspecified atom stereocenters. The molecule has 0 radical (unpaired) electrons. The van der Waals surface area contributed by atoms with Gasteiger partial charge in [-0.15, -0.1) is 0 Å². The lowest BCUT2D eigenvalue weighted by molar-refractivity contribution is 0.212. The highest BCUT2D eigenvalue weighted by Crippen LogP contribution is 2.31. The molecule has 1 aromatic rings. The van der Waals surface area contributed by atoms with E-state index in [4.69, 9.17) is 0 Å². The van der Waals surface area contributed by atoms with Crippen LogP contribution >= 0.6 is 15.9 Å². The molecule has 4 atom stereocenters. The number of benzene rings is 1. The second-order valence-corrected chi connectivity index (χ2v) is 7.10. The van der Waals surface area contributed by atoms with E-state index in [0.29, 0.717) is 12.1 Å². The molecule has 1 nitrogen and oxygen atoms in total. The molecule has 0 spiro atoms. The predicted molar refractivity (Wildman–Crippen MR) is 86.3 cm³/mol. The van der Waals surface area contributed by atoms with Crippen LogP contribution in [0.3, 0.4) is 0 Å². The van der Waals surface area contributed by atoms with E-state index in [-0.39, 0.29) is 0 Å². The van der Waals surface area contributed by atoms with Crippen molar-refractivity contribution in [2.75, 3.05) is 0 Å². The van der Waals surface area contributed by atoms with E-state index in [1.165, 1.54) is 24.8 Å². The van der Waals surface area contributed by atoms with Crippen molar-refractivity contribution >= 4 is 15.9 Å². The Morgan fingerprint density at radius 2 is 1.89 bits per heavy atom. The van der Waals surface area contributed by atoms with Crippen LogP contribution in [0.4, 0.5) is 0 Å². The van der Waals surface area contributed by atoms with Crippen LogP contribution in [-0.4, -0.2) is 6.04 Å². The molecule has 0 heterocycles. The van der Waals surface area contributed by atoms with E-state index in [9.17, 15) is 0 Å². The summed E-state index contributed by atoms with van der Waals surface area (Å²) in [5.74, 6) is 1.70. The number of rotatable bonds is 4. The molecule has 0 saturated heterocycles. The minimum absolute atomic E-state index is 0.494. The highest BCUT2D eigenvalue weighted by atomic mass is 79.9. The van der Waals surface area contributed by atoms with Gasteiger partial charge in [0.2, 0.25) is 0 Å². The Kier molecular flexibility index (Phi) is 5.47. The minimum atomic E-state index is 0.494. The summed E-state index contributed by atoms with van der Waals surface area (Å²) in [6.45, 7) is 7.07. The summed E-state index contributed by atoms with van der Waals surface area (Å²) in [6, 6.07) is 9.94. The fourth-order valence-electron chi connectivity index (χ4n) is 3.32. The first kappa shape index (κ1) is 15.1. The lowest BCUT2D eigenvalue weighted by Crippen LogP contribution is -2.40. The van der Waals surface area contributed by atoms with Crippen molar-refractivity contribution in [1.29, 1.82) is 0 Å². The van der Waals surface area contributed by atoms with E-state index >= 15 is 0 Å². The number of hydrogen-bond acceptors (Lipinski definition) is 1. The summed E-state index contributed by atoms with van der Waals surface area (Å²) in [5, 5.41) is 3.90. The van der Waals surface area contributed by atoms with Gasteiger partial charge in [0.15, 0.2) is 0 Å². The fourth-order valence-corrected chi connectivity index (χ4v) is 3.58. The van der Waals surface area contributed by atoms with Crippen LogP contribution in [0.1, 0.15) is 58.1 Å². The van der Waals surface area contributed by atoms with E-state index in [1.807, 2.05) is 0 Å². The topological polar surface area (TPSA) is 12.0 Å². The maximum atomic E-state index is 3.90. The molecule has 1 fully saturated rings. The zero-order valence-corrected chi connectivity index (χ0v) is 13.9. The second kappa shape index (κ2) is 6.90. The Hall–Kier alpha value is -0.340. The molecule has 1 aromatic carbocycles. The maximum absolute atomic E-state index is 3.90. The summed E-state index contributed by atoms with van der Waals surface area (Å²) >= 11 is 3.51. The minimum Gasteiger partial charge on any atom is -0.307 e. The molecule has 106 valence electrons. The Balaban J connectivity index is 2.01. The molecule has 1 aliphatic carbocycles. The highest BCUT2D eigenvalue weighted by molar-refractivity contribution is 9.10. The summed E-state index contributed by atoms with van der Waals surface area (Å²) < 4.78 is 1.16. The van der Waals surface area contributed by atoms with E-state index in [2.05, 4.69) is 66.3 Å². The van der Waals surface area contributed by atoms with Crippen LogP contribution in [0.15, 0.2) is 28.7 Å². The smallest absolute Gasteiger partial charge is 0.0320 e. The lowest BCUT2D eigenvalue weighted by atomic mass is 9.79. The zero-order valence-electron chi connectivity index (χ0n) is 12.3. The molecule has 0 amide bonds. The molecule has 2 heteroatoms. The van der Waals surface area contributed by atoms with Crippen molar-refractivity contribution in [2.45, 2.75) is 58.5 Å². The molecule has 19 heavy (non-hydrogen) atoms. The number of hydrogen-bond donors (Lipinski definition) is 1. The SMILES string of the molecule is CCC(NC1CCC(C)CC1C)c1ccc(Br)cc1. The third-order valence-corrected chi connectivity index (χ3v) is 5.06. The van der Waals surface area contributed by atoms with Crippen molar-refractivity contribution in [3.63, 3.8) is 0 Å². The molecule has 2 rings (SSSR count). The van der Waals surface area contributed by atoms with Crippen molar-refractivity contribution in [1.82, 2.24) is 5.32 Å². The average Bonchev–Trinajstić information content (AvgIpc) is 2.39. The summed E-state index contributed by atoms with van der Waals surface area (Å²) in [6.07, 6.45) is 5.23. The molecular formula is C17H26BrN. The molecule has 1 saturated carbocycles. The van der Waals surface area contributed by atoms with E-state index in [1.54, 1.807) is 0 Å². The molecule has 0 aliphatic heterocycles. The van der Waals surface area contributed by atoms with Crippen LogP contribution in [0.25, 0.3) is 0 Å². The van der Waals surface area contributed by atoms with Crippen molar-refractivity contribution < 1.29 is 0 Å². The van der Waals surface area contributed by atoms with Gasteiger partial charge >= 0.3 is 0 Å². The monoisotopic (exact) mass is 323 g/mol. The number of nitrogens with one attached hydrogen (secondary N) is 1. The van der Waals surface area contributed by atoms with Gasteiger partial charge in [-0.25, -0.2) is 0 Å². The van der Waals surface area contributed by atoms with Crippen LogP contribution in [0.5, 0.6) is 0 Å². The third kappa shape index (κ3) is 4.06. The van der Waals surface area contributed by atoms with Crippen LogP contribution < -0.4 is 5.32 Å². The first-order valence-corrected chi connectivity index (χ1v) is 8.41. The van der Waals surface area contributed by atoms with Gasteiger partial charge in [0.05, 0.1) is 0 Å². The highest BCUT2D eigenvalue weighted by Gasteiger charge is 2.26. The van der Waals surface area contributed by atoms with Gasteiger partial charge in [-0.2, -0.15) is 0 Å². The Labute approximate surface area is 126 Å². The molecule has 1 N–H and O–H groups in total. The third-order valence-electron chi connectivity index (χ3n) is 4.53. The van der Waals surface area contributed by atoms with Gasteiger partial charge in [0, 0.05) is 16.6 Å². The average molecular weight is 324 g/mol. The van der Waals surface area contributed by atoms with Gasteiger partial charge in [0.25, 0.3) is 0 Å². The van der Waals surface area contributed by atoms with Crippen molar-refractivity contribution in [3.05, 3.63) is 34.3 Å². The van der Waals surface area contributed by atoms with Gasteiger partial charge in [-0.05, 0) is 55.2 Å². The quantitative estimate of drug-likeness (QED) is 0.791. The molecule has 0 bridgehead atoms. The van der Waals surface area contributed by atoms with Gasteiger partial charge < -0.3 is 5.32 Å². The number of halogens is 1. The van der Waals surface area contributed by atoms with E-state index < -0.39 is 0 Å². The summed E-state index contributed by atoms with van der Waals surface area (Å²) in [7, 11) is 0. The standard InChI is InChI=1S/C17H26BrN/c1-4-16(14-6-8-15(18)9-7-14)19-17-10-5-12(2)11-13(17)3/h6-9,12-13,16-17,19H,4-5,10-11H2,1-3H3. The van der Waals surface area contributed by atoms with Crippen LogP contribution in [0, 0.1) is 11.8 Å². The lowest BCUT2D eigenvalue weighted by Gasteiger charge is -2.36. The van der Waals surface area contributed by atoms with Crippen LogP contribution in [0.2, 0.25) is 0 Å². The van der Waals surface area contributed by atoms with Gasteiger partial charge in [-0.1, -0.05) is 48.8 Å². The Morgan fingerprint density at radius 1 is 1.21 bits per heavy atom. The fraction of sp³-hybridized carbons (Fsp3) is 0.647. The maximum Gasteiger partial charge on any atom is 0.0320 e. The predicted octanol–water partition coefficient (Wildman–Crippen LogP) is 5.31. The van der Waals surface area contributed by atoms with Gasteiger partial charge in [0.1, 0.15) is 0 Å². The largest absolute Gasteiger partial charge is 0.307 e. The van der Waals surface area contributed by atoms with Crippen LogP contribution in [-0.2, 0) is 0 Å². The van der Waals surface area contributed by atoms with Crippen molar-refractivity contribution in [2.24, 2.45) is 11.8 Å². The van der Waals surface area contributed by atoms with Gasteiger partial charge in [-0.3, -0.25) is 0 Å². The van der Waals surface area contributed by atoms with E-state index in [0.717, 1.165) is 22.7 Å². The zero-order chi connectivity index (χ0) is 13.8. The molecule has 1 aliphatic rings. The second-order valence-electron chi connectivity index (χ2n) is 6.18. The molecular weight excluding hydrogens is 298 g/mol. The van der Waals surface area contributed by atoms with Crippen molar-refractivity contribution in [3.8, 4) is 0 Å². The first-order chi connectivity index (χ1) is 9.10. The normalized spacial score (nSPS) is 29.2. The Bertz CT molecular complexity index is 387.